The Morgan fingerprint density at radius 2 is 2.50 bits per heavy atom. The van der Waals surface area contributed by atoms with Crippen molar-refractivity contribution in [2.24, 2.45) is 10.9 Å². The fourth-order valence-corrected chi connectivity index (χ4v) is 0.112. The molecule has 0 aliphatic carbocycles. The van der Waals surface area contributed by atoms with Crippen LogP contribution in [-0.4, -0.2) is 11.9 Å². The highest BCUT2D eigenvalue weighted by Gasteiger charge is 1.69. The lowest BCUT2D eigenvalue weighted by Gasteiger charge is -1.73. The van der Waals surface area contributed by atoms with Crippen LogP contribution in [0.1, 0.15) is 6.92 Å². The Labute approximate surface area is 36.4 Å². The molecule has 0 aromatic rings. The van der Waals surface area contributed by atoms with Crippen molar-refractivity contribution in [1.29, 1.82) is 5.41 Å². The Kier molecular flexibility index (Phi) is 2.04. The van der Waals surface area contributed by atoms with Gasteiger partial charge in [-0.1, -0.05) is 0 Å². The molecule has 3 N–H and O–H groups in total. The van der Waals surface area contributed by atoms with Gasteiger partial charge < -0.3 is 11.3 Å². The van der Waals surface area contributed by atoms with Crippen LogP contribution in [0.5, 0.6) is 0 Å². The normalized spacial score (nSPS) is 9.50. The molecular formula is C3H7N3. The van der Waals surface area contributed by atoms with E-state index in [1.165, 1.54) is 6.21 Å². The number of hydrogen-bond donors (Lipinski definition) is 2. The van der Waals surface area contributed by atoms with E-state index in [1.807, 2.05) is 0 Å². The molecular weight excluding hydrogens is 78.1 g/mol. The third-order valence-electron chi connectivity index (χ3n) is 0.268. The second-order valence-electron chi connectivity index (χ2n) is 0.961. The van der Waals surface area contributed by atoms with Crippen LogP contribution in [0.2, 0.25) is 0 Å². The molecule has 0 saturated carbocycles. The van der Waals surface area contributed by atoms with E-state index in [9.17, 15) is 0 Å². The molecule has 0 heterocycles. The summed E-state index contributed by atoms with van der Waals surface area (Å²) >= 11 is 0. The summed E-state index contributed by atoms with van der Waals surface area (Å²) in [6.45, 7) is 1.61. The lowest BCUT2D eigenvalue weighted by Crippen LogP contribution is -1.91. The van der Waals surface area contributed by atoms with Gasteiger partial charge in [0.1, 0.15) is 0 Å². The zero-order valence-electron chi connectivity index (χ0n) is 3.60. The zero-order valence-corrected chi connectivity index (χ0v) is 3.60. The summed E-state index contributed by atoms with van der Waals surface area (Å²) in [5, 5.41) is 9.75. The molecule has 0 aliphatic heterocycles. The van der Waals surface area contributed by atoms with Crippen molar-refractivity contribution in [1.82, 2.24) is 0 Å². The Morgan fingerprint density at radius 3 is 2.50 bits per heavy atom. The van der Waals surface area contributed by atoms with E-state index in [0.717, 1.165) is 0 Å². The van der Waals surface area contributed by atoms with Crippen molar-refractivity contribution >= 4 is 11.9 Å². The van der Waals surface area contributed by atoms with Crippen LogP contribution in [0.4, 0.5) is 0 Å². The Morgan fingerprint density at radius 1 is 2.00 bits per heavy atom. The van der Waals surface area contributed by atoms with Gasteiger partial charge >= 0.3 is 0 Å². The first-order valence-corrected chi connectivity index (χ1v) is 1.56. The molecule has 34 valence electrons. The van der Waals surface area contributed by atoms with E-state index < -0.39 is 0 Å². The van der Waals surface area contributed by atoms with Crippen LogP contribution >= 0.6 is 0 Å². The number of nitrogens with two attached hydrogens (primary N) is 1. The van der Waals surface area contributed by atoms with Gasteiger partial charge in [0.05, 0.1) is 6.21 Å². The Bertz CT molecular complexity index is 74.1. The van der Waals surface area contributed by atoms with Crippen LogP contribution in [0, 0.1) is 5.41 Å². The van der Waals surface area contributed by atoms with Gasteiger partial charge in [0.25, 0.3) is 0 Å². The lowest BCUT2D eigenvalue weighted by atomic mass is 10.5. The van der Waals surface area contributed by atoms with Crippen LogP contribution in [0.3, 0.4) is 0 Å². The van der Waals surface area contributed by atoms with Gasteiger partial charge in [-0.05, 0) is 6.92 Å². The topological polar surface area (TPSA) is 62.2 Å². The lowest BCUT2D eigenvalue weighted by molar-refractivity contribution is 1.27. The highest BCUT2D eigenvalue weighted by Crippen LogP contribution is 1.55. The van der Waals surface area contributed by atoms with Crippen LogP contribution in [-0.2, 0) is 0 Å². The maximum absolute atomic E-state index is 6.66. The monoisotopic (exact) mass is 85.1 g/mol. The molecule has 0 fully saturated rings. The molecule has 0 radical (unpaired) electrons. The van der Waals surface area contributed by atoms with E-state index in [4.69, 9.17) is 5.41 Å². The van der Waals surface area contributed by atoms with Gasteiger partial charge in [-0.25, -0.2) is 0 Å². The quantitative estimate of drug-likeness (QED) is 0.262. The van der Waals surface area contributed by atoms with Gasteiger partial charge in [0, 0.05) is 5.71 Å². The minimum absolute atomic E-state index is 0.373. The van der Waals surface area contributed by atoms with Crippen molar-refractivity contribution in [2.75, 3.05) is 0 Å². The third-order valence-corrected chi connectivity index (χ3v) is 0.268. The molecule has 0 rings (SSSR count). The van der Waals surface area contributed by atoms with Crippen LogP contribution in [0.25, 0.3) is 0 Å². The minimum Gasteiger partial charge on any atom is -0.323 e. The Balaban J connectivity index is 3.30. The average molecular weight is 85.1 g/mol. The molecule has 0 amide bonds. The Hall–Kier alpha value is -0.860. The van der Waals surface area contributed by atoms with E-state index in [0.29, 0.717) is 5.71 Å². The predicted octanol–water partition coefficient (Wildman–Crippen LogP) is -0.0294. The maximum Gasteiger partial charge on any atom is 0.0670 e. The van der Waals surface area contributed by atoms with Crippen molar-refractivity contribution in [3.8, 4) is 0 Å². The molecule has 0 bridgehead atoms. The number of nitrogens with one attached hydrogen (secondary N) is 1. The van der Waals surface area contributed by atoms with Gasteiger partial charge in [-0.3, -0.25) is 0 Å². The SMILES string of the molecule is CC(=N)C=NN. The van der Waals surface area contributed by atoms with Crippen molar-refractivity contribution < 1.29 is 0 Å². The summed E-state index contributed by atoms with van der Waals surface area (Å²) in [5.41, 5.74) is 0.373. The number of rotatable bonds is 1. The number of hydrazone groups is 1. The number of nitrogens with zero attached hydrogens (tertiary/aromatic N) is 1. The highest BCUT2D eigenvalue weighted by molar-refractivity contribution is 6.27. The summed E-state index contributed by atoms with van der Waals surface area (Å²) in [5.74, 6) is 4.66. The summed E-state index contributed by atoms with van der Waals surface area (Å²) in [6, 6.07) is 0. The predicted molar refractivity (Wildman–Crippen MR) is 26.1 cm³/mol. The average Bonchev–Trinajstić information content (AvgIpc) is 1.35. The second kappa shape index (κ2) is 2.38. The summed E-state index contributed by atoms with van der Waals surface area (Å²) < 4.78 is 0. The van der Waals surface area contributed by atoms with Gasteiger partial charge in [-0.2, -0.15) is 5.10 Å². The van der Waals surface area contributed by atoms with Crippen LogP contribution < -0.4 is 5.84 Å². The molecule has 0 atom stereocenters. The van der Waals surface area contributed by atoms with Crippen molar-refractivity contribution in [3.05, 3.63) is 0 Å². The molecule has 3 heteroatoms. The van der Waals surface area contributed by atoms with E-state index in [1.54, 1.807) is 6.92 Å². The minimum atomic E-state index is 0.373. The van der Waals surface area contributed by atoms with Gasteiger partial charge in [-0.15, -0.1) is 0 Å². The molecule has 6 heavy (non-hydrogen) atoms. The standard InChI is InChI=1S/C3H7N3/c1-3(4)2-6-5/h2,4H,5H2,1H3. The van der Waals surface area contributed by atoms with Crippen LogP contribution in [0.15, 0.2) is 5.10 Å². The first-order valence-electron chi connectivity index (χ1n) is 1.56. The molecule has 0 spiro atoms. The number of hydrogen-bond acceptors (Lipinski definition) is 3. The first-order chi connectivity index (χ1) is 2.77. The maximum atomic E-state index is 6.66. The smallest absolute Gasteiger partial charge is 0.0670 e. The highest BCUT2D eigenvalue weighted by atomic mass is 15.1. The summed E-state index contributed by atoms with van der Waals surface area (Å²) in [4.78, 5) is 0. The molecule has 0 aromatic heterocycles. The largest absolute Gasteiger partial charge is 0.323 e. The fraction of sp³-hybridized carbons (Fsp3) is 0.333. The van der Waals surface area contributed by atoms with E-state index in [-0.39, 0.29) is 0 Å². The van der Waals surface area contributed by atoms with E-state index in [2.05, 4.69) is 10.9 Å². The second-order valence-corrected chi connectivity index (χ2v) is 0.961. The molecule has 0 saturated heterocycles. The van der Waals surface area contributed by atoms with E-state index >= 15 is 0 Å². The molecule has 3 nitrogen and oxygen atoms in total. The fourth-order valence-electron chi connectivity index (χ4n) is 0.112. The molecule has 0 aromatic carbocycles. The summed E-state index contributed by atoms with van der Waals surface area (Å²) in [7, 11) is 0. The van der Waals surface area contributed by atoms with Gasteiger partial charge in [0.2, 0.25) is 0 Å². The van der Waals surface area contributed by atoms with Crippen molar-refractivity contribution in [2.45, 2.75) is 6.92 Å². The first kappa shape index (κ1) is 5.14. The van der Waals surface area contributed by atoms with Gasteiger partial charge in [0.15, 0.2) is 0 Å². The molecule has 0 unspecified atom stereocenters. The van der Waals surface area contributed by atoms with Crippen molar-refractivity contribution in [3.63, 3.8) is 0 Å². The zero-order chi connectivity index (χ0) is 4.99. The third kappa shape index (κ3) is 3.14. The molecule has 0 aliphatic rings. The summed E-state index contributed by atoms with van der Waals surface area (Å²) in [6.07, 6.45) is 1.28.